The third-order valence-corrected chi connectivity index (χ3v) is 3.12. The van der Waals surface area contributed by atoms with Crippen LogP contribution >= 0.6 is 0 Å². The lowest BCUT2D eigenvalue weighted by Gasteiger charge is -2.22. The van der Waals surface area contributed by atoms with Gasteiger partial charge in [0.2, 0.25) is 5.88 Å². The van der Waals surface area contributed by atoms with Crippen LogP contribution in [0.2, 0.25) is 0 Å². The second-order valence-electron chi connectivity index (χ2n) is 4.13. The van der Waals surface area contributed by atoms with Gasteiger partial charge >= 0.3 is 6.01 Å². The molecule has 0 aromatic carbocycles. The van der Waals surface area contributed by atoms with Gasteiger partial charge in [-0.1, -0.05) is 0 Å². The highest BCUT2D eigenvalue weighted by Crippen LogP contribution is 2.35. The molecule has 1 heterocycles. The molecule has 1 aliphatic carbocycles. The normalized spacial score (nSPS) is 16.9. The minimum absolute atomic E-state index is 0.303. The molecule has 0 bridgehead atoms. The van der Waals surface area contributed by atoms with Gasteiger partial charge in [0, 0.05) is 24.6 Å². The molecule has 0 N–H and O–H groups in total. The number of ether oxygens (including phenoxy) is 2. The van der Waals surface area contributed by atoms with E-state index < -0.39 is 0 Å². The lowest BCUT2D eigenvalue weighted by molar-refractivity contribution is -0.120. The Hall–Kier alpha value is -1.65. The van der Waals surface area contributed by atoms with Crippen molar-refractivity contribution in [3.8, 4) is 11.9 Å². The molecule has 1 aromatic heterocycles. The summed E-state index contributed by atoms with van der Waals surface area (Å²) >= 11 is 0. The molecule has 1 saturated carbocycles. The average molecular weight is 236 g/mol. The maximum Gasteiger partial charge on any atom is 0.319 e. The molecular formula is C12H16N2O3. The van der Waals surface area contributed by atoms with Gasteiger partial charge in [0.15, 0.2) is 0 Å². The van der Waals surface area contributed by atoms with Gasteiger partial charge in [0.1, 0.15) is 5.78 Å². The molecule has 0 amide bonds. The van der Waals surface area contributed by atoms with Crippen molar-refractivity contribution in [3.63, 3.8) is 0 Å². The molecule has 1 aliphatic rings. The SMILES string of the molecule is COc1ncc(C2CCC(=O)CC2)c(OC)n1. The molecule has 0 unspecified atom stereocenters. The first-order valence-corrected chi connectivity index (χ1v) is 5.71. The van der Waals surface area contributed by atoms with Crippen LogP contribution < -0.4 is 9.47 Å². The van der Waals surface area contributed by atoms with Crippen LogP contribution in [-0.2, 0) is 4.79 Å². The zero-order valence-corrected chi connectivity index (χ0v) is 10.1. The summed E-state index contributed by atoms with van der Waals surface area (Å²) in [5.41, 5.74) is 0.973. The Morgan fingerprint density at radius 2 is 1.94 bits per heavy atom. The number of hydrogen-bond acceptors (Lipinski definition) is 5. The van der Waals surface area contributed by atoms with Crippen LogP contribution in [0.1, 0.15) is 37.2 Å². The van der Waals surface area contributed by atoms with Crippen molar-refractivity contribution in [2.45, 2.75) is 31.6 Å². The van der Waals surface area contributed by atoms with E-state index in [0.717, 1.165) is 18.4 Å². The second-order valence-corrected chi connectivity index (χ2v) is 4.13. The molecular weight excluding hydrogens is 220 g/mol. The van der Waals surface area contributed by atoms with Crippen LogP contribution in [0, 0.1) is 0 Å². The Morgan fingerprint density at radius 3 is 2.53 bits per heavy atom. The maximum atomic E-state index is 11.2. The van der Waals surface area contributed by atoms with Crippen LogP contribution in [0.3, 0.4) is 0 Å². The minimum atomic E-state index is 0.303. The zero-order valence-electron chi connectivity index (χ0n) is 10.1. The molecule has 5 nitrogen and oxygen atoms in total. The number of methoxy groups -OCH3 is 2. The Labute approximate surface area is 100 Å². The van der Waals surface area contributed by atoms with E-state index in [1.807, 2.05) is 0 Å². The van der Waals surface area contributed by atoms with Crippen molar-refractivity contribution in [2.75, 3.05) is 14.2 Å². The second kappa shape index (κ2) is 5.12. The van der Waals surface area contributed by atoms with E-state index in [1.165, 1.54) is 7.11 Å². The average Bonchev–Trinajstić information content (AvgIpc) is 2.39. The summed E-state index contributed by atoms with van der Waals surface area (Å²) in [4.78, 5) is 19.5. The number of carbonyl (C=O) groups excluding carboxylic acids is 1. The van der Waals surface area contributed by atoms with Crippen molar-refractivity contribution in [1.29, 1.82) is 0 Å². The highest BCUT2D eigenvalue weighted by molar-refractivity contribution is 5.79. The van der Waals surface area contributed by atoms with Gasteiger partial charge in [-0.2, -0.15) is 4.98 Å². The molecule has 0 radical (unpaired) electrons. The zero-order chi connectivity index (χ0) is 12.3. The van der Waals surface area contributed by atoms with Gasteiger partial charge in [0.05, 0.1) is 14.2 Å². The van der Waals surface area contributed by atoms with Crippen LogP contribution in [0.4, 0.5) is 0 Å². The molecule has 0 saturated heterocycles. The third kappa shape index (κ3) is 2.54. The Kier molecular flexibility index (Phi) is 3.56. The molecule has 0 aliphatic heterocycles. The fraction of sp³-hybridized carbons (Fsp3) is 0.583. The number of Topliss-reactive ketones (excluding diaryl/α,β-unsaturated/α-hetero) is 1. The molecule has 17 heavy (non-hydrogen) atoms. The largest absolute Gasteiger partial charge is 0.481 e. The van der Waals surface area contributed by atoms with E-state index in [0.29, 0.717) is 36.4 Å². The molecule has 2 rings (SSSR count). The van der Waals surface area contributed by atoms with Gasteiger partial charge in [-0.05, 0) is 18.8 Å². The van der Waals surface area contributed by atoms with E-state index in [9.17, 15) is 4.79 Å². The number of rotatable bonds is 3. The van der Waals surface area contributed by atoms with E-state index in [1.54, 1.807) is 13.3 Å². The van der Waals surface area contributed by atoms with E-state index in [2.05, 4.69) is 9.97 Å². The van der Waals surface area contributed by atoms with Crippen LogP contribution in [0.5, 0.6) is 11.9 Å². The summed E-state index contributed by atoms with van der Waals surface area (Å²) in [6.45, 7) is 0. The summed E-state index contributed by atoms with van der Waals surface area (Å²) < 4.78 is 10.2. The molecule has 1 fully saturated rings. The number of ketones is 1. The van der Waals surface area contributed by atoms with Crippen LogP contribution in [-0.4, -0.2) is 30.0 Å². The summed E-state index contributed by atoms with van der Waals surface area (Å²) in [6.07, 6.45) is 4.72. The Balaban J connectivity index is 2.22. The lowest BCUT2D eigenvalue weighted by Crippen LogP contribution is -2.14. The first-order valence-electron chi connectivity index (χ1n) is 5.71. The Bertz CT molecular complexity index is 410. The monoisotopic (exact) mass is 236 g/mol. The molecule has 1 aromatic rings. The predicted molar refractivity (Wildman–Crippen MR) is 61.4 cm³/mol. The van der Waals surface area contributed by atoms with Crippen molar-refractivity contribution in [3.05, 3.63) is 11.8 Å². The number of carbonyl (C=O) groups is 1. The highest BCUT2D eigenvalue weighted by atomic mass is 16.5. The molecule has 0 spiro atoms. The van der Waals surface area contributed by atoms with Crippen molar-refractivity contribution in [2.24, 2.45) is 0 Å². The van der Waals surface area contributed by atoms with E-state index in [-0.39, 0.29) is 0 Å². The molecule has 5 heteroatoms. The standard InChI is InChI=1S/C12H16N2O3/c1-16-11-10(7-13-12(14-11)17-2)8-3-5-9(15)6-4-8/h7-8H,3-6H2,1-2H3. The van der Waals surface area contributed by atoms with Crippen molar-refractivity contribution >= 4 is 5.78 Å². The summed E-state index contributed by atoms with van der Waals surface area (Å²) in [5.74, 6) is 1.21. The first-order chi connectivity index (χ1) is 8.24. The highest BCUT2D eigenvalue weighted by Gasteiger charge is 2.24. The van der Waals surface area contributed by atoms with Gasteiger partial charge in [-0.25, -0.2) is 4.98 Å². The first kappa shape index (κ1) is 11.8. The van der Waals surface area contributed by atoms with E-state index in [4.69, 9.17) is 9.47 Å². The van der Waals surface area contributed by atoms with Crippen molar-refractivity contribution < 1.29 is 14.3 Å². The van der Waals surface area contributed by atoms with Gasteiger partial charge < -0.3 is 9.47 Å². The fourth-order valence-electron chi connectivity index (χ4n) is 2.15. The quantitative estimate of drug-likeness (QED) is 0.799. The summed E-state index contributed by atoms with van der Waals surface area (Å²) in [5, 5.41) is 0. The number of aromatic nitrogens is 2. The molecule has 92 valence electrons. The fourth-order valence-corrected chi connectivity index (χ4v) is 2.15. The Morgan fingerprint density at radius 1 is 1.24 bits per heavy atom. The van der Waals surface area contributed by atoms with Crippen LogP contribution in [0.15, 0.2) is 6.20 Å². The van der Waals surface area contributed by atoms with Gasteiger partial charge in [-0.3, -0.25) is 4.79 Å². The minimum Gasteiger partial charge on any atom is -0.481 e. The lowest BCUT2D eigenvalue weighted by atomic mass is 9.84. The van der Waals surface area contributed by atoms with Gasteiger partial charge in [-0.15, -0.1) is 0 Å². The predicted octanol–water partition coefficient (Wildman–Crippen LogP) is 1.72. The molecule has 0 atom stereocenters. The summed E-state index contributed by atoms with van der Waals surface area (Å²) in [7, 11) is 3.10. The smallest absolute Gasteiger partial charge is 0.319 e. The van der Waals surface area contributed by atoms with Crippen molar-refractivity contribution in [1.82, 2.24) is 9.97 Å². The number of hydrogen-bond donors (Lipinski definition) is 0. The topological polar surface area (TPSA) is 61.3 Å². The maximum absolute atomic E-state index is 11.2. The van der Waals surface area contributed by atoms with Crippen LogP contribution in [0.25, 0.3) is 0 Å². The third-order valence-electron chi connectivity index (χ3n) is 3.12. The van der Waals surface area contributed by atoms with Gasteiger partial charge in [0.25, 0.3) is 0 Å². The summed E-state index contributed by atoms with van der Waals surface area (Å²) in [6, 6.07) is 0.303. The number of nitrogens with zero attached hydrogens (tertiary/aromatic N) is 2. The van der Waals surface area contributed by atoms with E-state index >= 15 is 0 Å².